The van der Waals surface area contributed by atoms with Crippen LogP contribution in [0.3, 0.4) is 0 Å². The van der Waals surface area contributed by atoms with Crippen LogP contribution in [-0.2, 0) is 15.1 Å². The molecule has 5 nitrogen and oxygen atoms in total. The summed E-state index contributed by atoms with van der Waals surface area (Å²) in [7, 11) is 0. The van der Waals surface area contributed by atoms with Crippen molar-refractivity contribution in [3.8, 4) is 11.5 Å². The monoisotopic (exact) mass is 268 g/mol. The fourth-order valence-corrected chi connectivity index (χ4v) is 2.13. The van der Waals surface area contributed by atoms with Gasteiger partial charge in [0, 0.05) is 6.07 Å². The molecule has 0 saturated heterocycles. The van der Waals surface area contributed by atoms with E-state index in [0.717, 1.165) is 6.07 Å². The molecule has 0 bridgehead atoms. The number of aliphatic hydroxyl groups is 1. The van der Waals surface area contributed by atoms with Gasteiger partial charge in [0.2, 0.25) is 0 Å². The molecule has 0 aliphatic carbocycles. The van der Waals surface area contributed by atoms with Crippen LogP contribution >= 0.6 is 0 Å². The van der Waals surface area contributed by atoms with E-state index in [0.29, 0.717) is 6.42 Å². The highest BCUT2D eigenvalue weighted by Gasteiger charge is 2.39. The van der Waals surface area contributed by atoms with E-state index in [1.807, 2.05) is 0 Å². The van der Waals surface area contributed by atoms with Gasteiger partial charge in [-0.05, 0) is 38.0 Å². The van der Waals surface area contributed by atoms with Gasteiger partial charge in [0.15, 0.2) is 0 Å². The molecule has 19 heavy (non-hydrogen) atoms. The molecule has 0 aliphatic rings. The number of benzene rings is 1. The van der Waals surface area contributed by atoms with E-state index in [1.165, 1.54) is 19.1 Å². The van der Waals surface area contributed by atoms with Crippen molar-refractivity contribution in [3.05, 3.63) is 23.8 Å². The Labute approximate surface area is 112 Å². The van der Waals surface area contributed by atoms with Crippen molar-refractivity contribution >= 4 is 5.97 Å². The van der Waals surface area contributed by atoms with Crippen LogP contribution in [0.4, 0.5) is 0 Å². The Hall–Kier alpha value is -1.75. The molecule has 2 unspecified atom stereocenters. The van der Waals surface area contributed by atoms with E-state index < -0.39 is 17.5 Å². The molecule has 0 aliphatic heterocycles. The molecule has 0 fully saturated rings. The Bertz CT molecular complexity index is 433. The molecule has 0 radical (unpaired) electrons. The number of ether oxygens (including phenoxy) is 1. The van der Waals surface area contributed by atoms with Gasteiger partial charge in [0.1, 0.15) is 17.1 Å². The number of carbonyl (C=O) groups is 1. The number of phenolic OH excluding ortho intramolecular Hbond substituents is 2. The van der Waals surface area contributed by atoms with Gasteiger partial charge in [-0.2, -0.15) is 0 Å². The summed E-state index contributed by atoms with van der Waals surface area (Å²) in [5.41, 5.74) is -1.26. The van der Waals surface area contributed by atoms with Crippen LogP contribution in [0.25, 0.3) is 0 Å². The first-order valence-electron chi connectivity index (χ1n) is 6.25. The van der Waals surface area contributed by atoms with Crippen molar-refractivity contribution in [2.45, 2.75) is 32.8 Å². The highest BCUT2D eigenvalue weighted by Crippen LogP contribution is 2.36. The number of aromatic hydroxyl groups is 2. The number of phenols is 2. The molecule has 5 heteroatoms. The lowest BCUT2D eigenvalue weighted by Gasteiger charge is -2.31. The van der Waals surface area contributed by atoms with E-state index in [1.54, 1.807) is 13.8 Å². The summed E-state index contributed by atoms with van der Waals surface area (Å²) < 4.78 is 4.94. The second-order valence-electron chi connectivity index (χ2n) is 4.60. The van der Waals surface area contributed by atoms with Crippen molar-refractivity contribution < 1.29 is 24.9 Å². The van der Waals surface area contributed by atoms with Gasteiger partial charge in [0.25, 0.3) is 0 Å². The van der Waals surface area contributed by atoms with Crippen LogP contribution < -0.4 is 0 Å². The second kappa shape index (κ2) is 5.93. The topological polar surface area (TPSA) is 87.0 Å². The molecule has 0 spiro atoms. The standard InChI is InChI=1S/C14H20O5/c1-4-12(13(17)19-5-2)14(3,18)9-6-10(15)8-11(16)7-9/h6-8,12,15-16,18H,4-5H2,1-3H3. The fourth-order valence-electron chi connectivity index (χ4n) is 2.13. The molecular weight excluding hydrogens is 248 g/mol. The Balaban J connectivity index is 3.15. The van der Waals surface area contributed by atoms with Gasteiger partial charge in [0.05, 0.1) is 12.5 Å². The van der Waals surface area contributed by atoms with Gasteiger partial charge in [-0.25, -0.2) is 0 Å². The first kappa shape index (κ1) is 15.3. The highest BCUT2D eigenvalue weighted by molar-refractivity contribution is 5.74. The molecular formula is C14H20O5. The average molecular weight is 268 g/mol. The molecule has 1 aromatic carbocycles. The summed E-state index contributed by atoms with van der Waals surface area (Å²) in [4.78, 5) is 11.9. The summed E-state index contributed by atoms with van der Waals surface area (Å²) in [5.74, 6) is -1.62. The van der Waals surface area contributed by atoms with Gasteiger partial charge >= 0.3 is 5.97 Å². The minimum absolute atomic E-state index is 0.172. The summed E-state index contributed by atoms with van der Waals surface area (Å²) >= 11 is 0. The third-order valence-corrected chi connectivity index (χ3v) is 3.14. The zero-order valence-corrected chi connectivity index (χ0v) is 11.4. The SMILES string of the molecule is CCOC(=O)C(CC)C(C)(O)c1cc(O)cc(O)c1. The van der Waals surface area contributed by atoms with Gasteiger partial charge in [-0.15, -0.1) is 0 Å². The van der Waals surface area contributed by atoms with E-state index >= 15 is 0 Å². The number of esters is 1. The predicted octanol–water partition coefficient (Wildman–Crippen LogP) is 1.89. The zero-order chi connectivity index (χ0) is 14.6. The third kappa shape index (κ3) is 3.38. The summed E-state index contributed by atoms with van der Waals surface area (Å²) in [6.45, 7) is 5.15. The summed E-state index contributed by atoms with van der Waals surface area (Å²) in [6, 6.07) is 3.80. The molecule has 1 rings (SSSR count). The Morgan fingerprint density at radius 1 is 1.26 bits per heavy atom. The fraction of sp³-hybridized carbons (Fsp3) is 0.500. The third-order valence-electron chi connectivity index (χ3n) is 3.14. The quantitative estimate of drug-likeness (QED) is 0.710. The molecule has 0 amide bonds. The average Bonchev–Trinajstić information content (AvgIpc) is 2.28. The minimum atomic E-state index is -1.53. The first-order valence-corrected chi connectivity index (χ1v) is 6.25. The van der Waals surface area contributed by atoms with E-state index in [-0.39, 0.29) is 23.7 Å². The molecule has 106 valence electrons. The Morgan fingerprint density at radius 3 is 2.21 bits per heavy atom. The lowest BCUT2D eigenvalue weighted by Crippen LogP contribution is -2.38. The van der Waals surface area contributed by atoms with Crippen LogP contribution in [0.5, 0.6) is 11.5 Å². The number of rotatable bonds is 5. The van der Waals surface area contributed by atoms with Crippen molar-refractivity contribution in [3.63, 3.8) is 0 Å². The lowest BCUT2D eigenvalue weighted by atomic mass is 9.81. The predicted molar refractivity (Wildman–Crippen MR) is 69.8 cm³/mol. The number of carbonyl (C=O) groups excluding carboxylic acids is 1. The normalized spacial score (nSPS) is 15.6. The smallest absolute Gasteiger partial charge is 0.312 e. The van der Waals surface area contributed by atoms with E-state index in [4.69, 9.17) is 4.74 Å². The van der Waals surface area contributed by atoms with Gasteiger partial charge in [-0.3, -0.25) is 4.79 Å². The number of hydrogen-bond acceptors (Lipinski definition) is 5. The first-order chi connectivity index (χ1) is 8.82. The van der Waals surface area contributed by atoms with E-state index in [9.17, 15) is 20.1 Å². The second-order valence-corrected chi connectivity index (χ2v) is 4.60. The van der Waals surface area contributed by atoms with Gasteiger partial charge < -0.3 is 20.1 Å². The molecule has 0 saturated carbocycles. The molecule has 0 aromatic heterocycles. The summed E-state index contributed by atoms with van der Waals surface area (Å²) in [6.07, 6.45) is 0.377. The highest BCUT2D eigenvalue weighted by atomic mass is 16.5. The maximum absolute atomic E-state index is 11.9. The maximum Gasteiger partial charge on any atom is 0.312 e. The molecule has 2 atom stereocenters. The summed E-state index contributed by atoms with van der Waals surface area (Å²) in [5, 5.41) is 29.5. The molecule has 0 heterocycles. The van der Waals surface area contributed by atoms with Crippen LogP contribution in [0.2, 0.25) is 0 Å². The molecule has 3 N–H and O–H groups in total. The van der Waals surface area contributed by atoms with Crippen molar-refractivity contribution in [2.24, 2.45) is 5.92 Å². The Morgan fingerprint density at radius 2 is 1.79 bits per heavy atom. The molecule has 1 aromatic rings. The van der Waals surface area contributed by atoms with Crippen molar-refractivity contribution in [1.82, 2.24) is 0 Å². The van der Waals surface area contributed by atoms with Gasteiger partial charge in [-0.1, -0.05) is 6.92 Å². The zero-order valence-electron chi connectivity index (χ0n) is 11.4. The number of hydrogen-bond donors (Lipinski definition) is 3. The largest absolute Gasteiger partial charge is 0.508 e. The van der Waals surface area contributed by atoms with Crippen LogP contribution in [0, 0.1) is 5.92 Å². The van der Waals surface area contributed by atoms with Crippen LogP contribution in [0.1, 0.15) is 32.8 Å². The van der Waals surface area contributed by atoms with Crippen molar-refractivity contribution in [2.75, 3.05) is 6.61 Å². The minimum Gasteiger partial charge on any atom is -0.508 e. The van der Waals surface area contributed by atoms with Crippen LogP contribution in [-0.4, -0.2) is 27.9 Å². The van der Waals surface area contributed by atoms with Crippen LogP contribution in [0.15, 0.2) is 18.2 Å². The lowest BCUT2D eigenvalue weighted by molar-refractivity contribution is -0.158. The van der Waals surface area contributed by atoms with E-state index in [2.05, 4.69) is 0 Å². The van der Waals surface area contributed by atoms with Crippen molar-refractivity contribution in [1.29, 1.82) is 0 Å². The Kier molecular flexibility index (Phi) is 4.78. The maximum atomic E-state index is 11.9.